The van der Waals surface area contributed by atoms with E-state index in [9.17, 15) is 9.59 Å². The van der Waals surface area contributed by atoms with Crippen LogP contribution in [0.25, 0.3) is 0 Å². The molecule has 0 heterocycles. The van der Waals surface area contributed by atoms with Gasteiger partial charge in [0.25, 0.3) is 0 Å². The molecule has 7 nitrogen and oxygen atoms in total. The second kappa shape index (κ2) is 14.3. The summed E-state index contributed by atoms with van der Waals surface area (Å²) in [6.07, 6.45) is 2.05. The van der Waals surface area contributed by atoms with Crippen LogP contribution in [0.3, 0.4) is 0 Å². The van der Waals surface area contributed by atoms with Gasteiger partial charge in [0.15, 0.2) is 0 Å². The van der Waals surface area contributed by atoms with Gasteiger partial charge in [0.05, 0.1) is 27.2 Å². The molecule has 0 aliphatic heterocycles. The van der Waals surface area contributed by atoms with Crippen molar-refractivity contribution in [2.75, 3.05) is 38.4 Å². The van der Waals surface area contributed by atoms with Crippen molar-refractivity contribution in [3.8, 4) is 0 Å². The Kier molecular flexibility index (Phi) is 12.6. The van der Waals surface area contributed by atoms with E-state index >= 15 is 0 Å². The summed E-state index contributed by atoms with van der Waals surface area (Å²) in [4.78, 5) is 29.5. The first kappa shape index (κ1) is 28.1. The first-order valence-corrected chi connectivity index (χ1v) is 11.1. The zero-order valence-electron chi connectivity index (χ0n) is 18.2. The van der Waals surface area contributed by atoms with Crippen molar-refractivity contribution in [3.63, 3.8) is 0 Å². The molecule has 0 radical (unpaired) electrons. The molecular weight excluding hydrogens is 498 g/mol. The lowest BCUT2D eigenvalue weighted by Gasteiger charge is -2.17. The van der Waals surface area contributed by atoms with Crippen molar-refractivity contribution in [1.82, 2.24) is 9.96 Å². The number of benzene rings is 2. The van der Waals surface area contributed by atoms with Gasteiger partial charge in [0, 0.05) is 32.0 Å². The van der Waals surface area contributed by atoms with Crippen molar-refractivity contribution in [3.05, 3.63) is 56.5 Å². The van der Waals surface area contributed by atoms with Gasteiger partial charge < -0.3 is 15.5 Å². The topological polar surface area (TPSA) is 73.9 Å². The largest absolute Gasteiger partial charge is 0.345 e. The number of carbonyl (C=O) groups excluding carboxylic acids is 2. The molecule has 2 aromatic rings. The van der Waals surface area contributed by atoms with E-state index in [-0.39, 0.29) is 6.03 Å². The molecular formula is C21H26Cl4N4O3. The summed E-state index contributed by atoms with van der Waals surface area (Å²) in [5, 5.41) is 8.13. The highest BCUT2D eigenvalue weighted by Gasteiger charge is 2.09. The number of urea groups is 2. The van der Waals surface area contributed by atoms with Crippen LogP contribution in [0.5, 0.6) is 0 Å². The standard InChI is InChI=1S/C12H16Cl2N2O.C9H10Cl2N2O2/c1-3-4-7-16(2)12(17)15-9-5-6-10(13)11(14)8-9;1-13(15-2)9(14)12-6-3-4-7(10)8(11)5-6/h5-6,8H,3-4,7H2,1-2H3,(H,15,17);3-5H,1-2H3,(H,12,14). The van der Waals surface area contributed by atoms with Crippen LogP contribution in [0.1, 0.15) is 19.8 Å². The van der Waals surface area contributed by atoms with Gasteiger partial charge in [-0.1, -0.05) is 59.7 Å². The van der Waals surface area contributed by atoms with Crippen LogP contribution in [-0.4, -0.2) is 49.8 Å². The molecule has 11 heteroatoms. The van der Waals surface area contributed by atoms with Gasteiger partial charge in [-0.3, -0.25) is 4.84 Å². The maximum atomic E-state index is 11.8. The number of nitrogens with one attached hydrogen (secondary N) is 2. The molecule has 2 rings (SSSR count). The lowest BCUT2D eigenvalue weighted by molar-refractivity contribution is -0.0598. The van der Waals surface area contributed by atoms with E-state index in [1.165, 1.54) is 14.2 Å². The number of anilines is 2. The van der Waals surface area contributed by atoms with Gasteiger partial charge in [-0.05, 0) is 42.8 Å². The third-order valence-electron chi connectivity index (χ3n) is 4.10. The third kappa shape index (κ3) is 9.71. The molecule has 0 aliphatic carbocycles. The highest BCUT2D eigenvalue weighted by molar-refractivity contribution is 6.42. The van der Waals surface area contributed by atoms with E-state index in [1.54, 1.807) is 48.3 Å². The number of unbranched alkanes of at least 4 members (excludes halogenated alkanes) is 1. The Hall–Kier alpha value is -1.90. The third-order valence-corrected chi connectivity index (χ3v) is 5.57. The Morgan fingerprint density at radius 2 is 1.31 bits per heavy atom. The van der Waals surface area contributed by atoms with Gasteiger partial charge in [-0.2, -0.15) is 0 Å². The zero-order valence-corrected chi connectivity index (χ0v) is 21.2. The minimum atomic E-state index is -0.393. The predicted molar refractivity (Wildman–Crippen MR) is 133 cm³/mol. The maximum absolute atomic E-state index is 11.8. The summed E-state index contributed by atoms with van der Waals surface area (Å²) in [7, 11) is 4.66. The molecule has 2 N–H and O–H groups in total. The van der Waals surface area contributed by atoms with Crippen LogP contribution in [0.15, 0.2) is 36.4 Å². The Balaban J connectivity index is 0.000000323. The summed E-state index contributed by atoms with van der Waals surface area (Å²) in [6, 6.07) is 9.29. The first-order chi connectivity index (χ1) is 15.1. The predicted octanol–water partition coefficient (Wildman–Crippen LogP) is 7.28. The van der Waals surface area contributed by atoms with Crippen molar-refractivity contribution < 1.29 is 14.4 Å². The molecule has 0 aromatic heterocycles. The zero-order chi connectivity index (χ0) is 24.3. The second-order valence-corrected chi connectivity index (χ2v) is 8.20. The number of hydrogen-bond acceptors (Lipinski definition) is 3. The monoisotopic (exact) mass is 522 g/mol. The Labute approximate surface area is 208 Å². The summed E-state index contributed by atoms with van der Waals surface area (Å²) < 4.78 is 0. The maximum Gasteiger partial charge on any atom is 0.345 e. The minimum Gasteiger partial charge on any atom is -0.328 e. The molecule has 0 atom stereocenters. The van der Waals surface area contributed by atoms with E-state index in [4.69, 9.17) is 51.2 Å². The second-order valence-electron chi connectivity index (χ2n) is 6.57. The fourth-order valence-corrected chi connectivity index (χ4v) is 2.74. The van der Waals surface area contributed by atoms with Gasteiger partial charge in [0.2, 0.25) is 0 Å². The normalized spacial score (nSPS) is 10.0. The molecule has 4 amide bonds. The fraction of sp³-hybridized carbons (Fsp3) is 0.333. The quantitative estimate of drug-likeness (QED) is 0.391. The molecule has 32 heavy (non-hydrogen) atoms. The number of amides is 4. The average Bonchev–Trinajstić information content (AvgIpc) is 2.76. The number of hydroxylamine groups is 2. The van der Waals surface area contributed by atoms with E-state index in [0.717, 1.165) is 24.4 Å². The summed E-state index contributed by atoms with van der Waals surface area (Å²) in [6.45, 7) is 2.83. The molecule has 0 aliphatic rings. The summed E-state index contributed by atoms with van der Waals surface area (Å²) in [5.41, 5.74) is 1.20. The van der Waals surface area contributed by atoms with Gasteiger partial charge >= 0.3 is 12.1 Å². The van der Waals surface area contributed by atoms with Gasteiger partial charge in [-0.15, -0.1) is 0 Å². The molecule has 0 spiro atoms. The van der Waals surface area contributed by atoms with E-state index in [0.29, 0.717) is 31.5 Å². The molecule has 176 valence electrons. The van der Waals surface area contributed by atoms with Crippen molar-refractivity contribution in [2.24, 2.45) is 0 Å². The average molecular weight is 524 g/mol. The Bertz CT molecular complexity index is 915. The van der Waals surface area contributed by atoms with Crippen molar-refractivity contribution in [1.29, 1.82) is 0 Å². The van der Waals surface area contributed by atoms with Crippen LogP contribution in [-0.2, 0) is 4.84 Å². The van der Waals surface area contributed by atoms with Crippen LogP contribution in [0.2, 0.25) is 20.1 Å². The molecule has 0 unspecified atom stereocenters. The van der Waals surface area contributed by atoms with Crippen LogP contribution < -0.4 is 10.6 Å². The lowest BCUT2D eigenvalue weighted by atomic mass is 10.3. The smallest absolute Gasteiger partial charge is 0.328 e. The number of rotatable bonds is 6. The molecule has 2 aromatic carbocycles. The molecule has 0 saturated heterocycles. The molecule has 0 bridgehead atoms. The SMILES string of the molecule is CCCCN(C)C(=O)Nc1ccc(Cl)c(Cl)c1.CON(C)C(=O)Nc1ccc(Cl)c(Cl)c1. The molecule has 0 saturated carbocycles. The number of carbonyl (C=O) groups is 2. The van der Waals surface area contributed by atoms with Gasteiger partial charge in [-0.25, -0.2) is 14.7 Å². The molecule has 0 fully saturated rings. The highest BCUT2D eigenvalue weighted by atomic mass is 35.5. The number of halogens is 4. The number of hydrogen-bond donors (Lipinski definition) is 2. The van der Waals surface area contributed by atoms with E-state index < -0.39 is 6.03 Å². The van der Waals surface area contributed by atoms with Crippen LogP contribution in [0.4, 0.5) is 21.0 Å². The Morgan fingerprint density at radius 3 is 1.72 bits per heavy atom. The fourth-order valence-electron chi connectivity index (χ4n) is 2.15. The Morgan fingerprint density at radius 1 is 0.844 bits per heavy atom. The van der Waals surface area contributed by atoms with Crippen LogP contribution in [0, 0.1) is 0 Å². The van der Waals surface area contributed by atoms with E-state index in [2.05, 4.69) is 17.6 Å². The lowest BCUT2D eigenvalue weighted by Crippen LogP contribution is -2.32. The van der Waals surface area contributed by atoms with Crippen molar-refractivity contribution in [2.45, 2.75) is 19.8 Å². The minimum absolute atomic E-state index is 0.142. The van der Waals surface area contributed by atoms with Crippen molar-refractivity contribution >= 4 is 69.8 Å². The summed E-state index contributed by atoms with van der Waals surface area (Å²) in [5.74, 6) is 0. The first-order valence-electron chi connectivity index (χ1n) is 9.60. The number of nitrogens with zero attached hydrogens (tertiary/aromatic N) is 2. The van der Waals surface area contributed by atoms with Crippen LogP contribution >= 0.6 is 46.4 Å². The summed E-state index contributed by atoms with van der Waals surface area (Å²) >= 11 is 23.2. The van der Waals surface area contributed by atoms with E-state index in [1.807, 2.05) is 0 Å². The van der Waals surface area contributed by atoms with Gasteiger partial charge in [0.1, 0.15) is 0 Å². The highest BCUT2D eigenvalue weighted by Crippen LogP contribution is 2.26.